The van der Waals surface area contributed by atoms with Crippen LogP contribution in [0.25, 0.3) is 0 Å². The van der Waals surface area contributed by atoms with Gasteiger partial charge in [0.05, 0.1) is 17.4 Å². The summed E-state index contributed by atoms with van der Waals surface area (Å²) in [5.41, 5.74) is 3.25. The first-order valence-electron chi connectivity index (χ1n) is 5.51. The molecule has 96 valence electrons. The Kier molecular flexibility index (Phi) is 5.06. The molecule has 0 fully saturated rings. The van der Waals surface area contributed by atoms with Crippen LogP contribution in [0, 0.1) is 22.7 Å². The summed E-state index contributed by atoms with van der Waals surface area (Å²) in [4.78, 5) is 11.6. The lowest BCUT2D eigenvalue weighted by Gasteiger charge is -2.08. The standard InChI is InChI=1S/C13H12N4O2/c1-9(2)19-13(18)10-3-5-11(6-4-10)16-17-12(7-14)8-15/h3-6,9,16H,1-2H3. The van der Waals surface area contributed by atoms with Gasteiger partial charge >= 0.3 is 5.97 Å². The predicted molar refractivity (Wildman–Crippen MR) is 69.3 cm³/mol. The molecule has 1 rings (SSSR count). The van der Waals surface area contributed by atoms with Crippen LogP contribution in [0.1, 0.15) is 24.2 Å². The number of esters is 1. The number of nitriles is 2. The molecular formula is C13H12N4O2. The lowest BCUT2D eigenvalue weighted by Crippen LogP contribution is -2.11. The Hall–Kier alpha value is -2.86. The molecule has 1 aromatic carbocycles. The van der Waals surface area contributed by atoms with E-state index < -0.39 is 5.97 Å². The highest BCUT2D eigenvalue weighted by atomic mass is 16.5. The maximum absolute atomic E-state index is 11.6. The molecular weight excluding hydrogens is 244 g/mol. The van der Waals surface area contributed by atoms with Gasteiger partial charge in [-0.1, -0.05) is 0 Å². The quantitative estimate of drug-likeness (QED) is 0.505. The molecule has 6 heteroatoms. The van der Waals surface area contributed by atoms with Gasteiger partial charge < -0.3 is 4.74 Å². The van der Waals surface area contributed by atoms with Gasteiger partial charge in [-0.05, 0) is 38.1 Å². The smallest absolute Gasteiger partial charge is 0.338 e. The van der Waals surface area contributed by atoms with E-state index >= 15 is 0 Å². The third kappa shape index (κ3) is 4.49. The second-order valence-corrected chi connectivity index (χ2v) is 3.83. The van der Waals surface area contributed by atoms with Crippen LogP contribution in [0.5, 0.6) is 0 Å². The summed E-state index contributed by atoms with van der Waals surface area (Å²) in [6.45, 7) is 3.54. The molecule has 1 N–H and O–H groups in total. The summed E-state index contributed by atoms with van der Waals surface area (Å²) in [5, 5.41) is 20.6. The molecule has 19 heavy (non-hydrogen) atoms. The highest BCUT2D eigenvalue weighted by Gasteiger charge is 2.08. The molecule has 0 bridgehead atoms. The lowest BCUT2D eigenvalue weighted by atomic mass is 10.2. The summed E-state index contributed by atoms with van der Waals surface area (Å²) in [5.74, 6) is -0.403. The van der Waals surface area contributed by atoms with E-state index in [-0.39, 0.29) is 11.8 Å². The monoisotopic (exact) mass is 256 g/mol. The van der Waals surface area contributed by atoms with Crippen molar-refractivity contribution in [3.8, 4) is 12.1 Å². The van der Waals surface area contributed by atoms with Crippen molar-refractivity contribution in [2.75, 3.05) is 5.43 Å². The Morgan fingerprint density at radius 3 is 2.32 bits per heavy atom. The van der Waals surface area contributed by atoms with Gasteiger partial charge in [-0.15, -0.1) is 0 Å². The SMILES string of the molecule is CC(C)OC(=O)c1ccc(NN=C(C#N)C#N)cc1. The summed E-state index contributed by atoms with van der Waals surface area (Å²) in [7, 11) is 0. The van der Waals surface area contributed by atoms with Crippen molar-refractivity contribution >= 4 is 17.4 Å². The number of ether oxygens (including phenoxy) is 1. The number of nitrogens with zero attached hydrogens (tertiary/aromatic N) is 3. The number of hydrogen-bond acceptors (Lipinski definition) is 6. The third-order valence-corrected chi connectivity index (χ3v) is 1.97. The van der Waals surface area contributed by atoms with Crippen LogP contribution in [-0.2, 0) is 4.74 Å². The number of carbonyl (C=O) groups excluding carboxylic acids is 1. The molecule has 0 heterocycles. The molecule has 1 aromatic rings. The highest BCUT2D eigenvalue weighted by molar-refractivity contribution is 6.10. The normalized spacial score (nSPS) is 9.11. The van der Waals surface area contributed by atoms with Crippen LogP contribution >= 0.6 is 0 Å². The van der Waals surface area contributed by atoms with Crippen molar-refractivity contribution in [1.29, 1.82) is 10.5 Å². The fourth-order valence-electron chi connectivity index (χ4n) is 1.16. The molecule has 6 nitrogen and oxygen atoms in total. The Labute approximate surface area is 110 Å². The minimum atomic E-state index is -0.403. The molecule has 0 aliphatic rings. The molecule has 0 spiro atoms. The second-order valence-electron chi connectivity index (χ2n) is 3.83. The van der Waals surface area contributed by atoms with Gasteiger partial charge in [0.1, 0.15) is 12.1 Å². The number of rotatable bonds is 4. The number of hydrazone groups is 1. The van der Waals surface area contributed by atoms with Crippen molar-refractivity contribution in [2.45, 2.75) is 20.0 Å². The van der Waals surface area contributed by atoms with E-state index in [1.807, 2.05) is 0 Å². The lowest BCUT2D eigenvalue weighted by molar-refractivity contribution is 0.0378. The first kappa shape index (κ1) is 14.2. The maximum atomic E-state index is 11.6. The van der Waals surface area contributed by atoms with Gasteiger partial charge in [-0.3, -0.25) is 5.43 Å². The molecule has 0 aliphatic heterocycles. The van der Waals surface area contributed by atoms with Crippen molar-refractivity contribution < 1.29 is 9.53 Å². The third-order valence-electron chi connectivity index (χ3n) is 1.97. The van der Waals surface area contributed by atoms with E-state index in [0.717, 1.165) is 0 Å². The van der Waals surface area contributed by atoms with E-state index in [1.54, 1.807) is 50.3 Å². The van der Waals surface area contributed by atoms with Crippen LogP contribution in [-0.4, -0.2) is 17.8 Å². The number of hydrogen-bond donors (Lipinski definition) is 1. The number of benzene rings is 1. The zero-order valence-corrected chi connectivity index (χ0v) is 10.5. The molecule has 0 saturated heterocycles. The largest absolute Gasteiger partial charge is 0.459 e. The van der Waals surface area contributed by atoms with Gasteiger partial charge in [0.25, 0.3) is 0 Å². The molecule has 0 radical (unpaired) electrons. The van der Waals surface area contributed by atoms with E-state index in [0.29, 0.717) is 11.3 Å². The van der Waals surface area contributed by atoms with Crippen LogP contribution in [0.3, 0.4) is 0 Å². The van der Waals surface area contributed by atoms with Crippen molar-refractivity contribution in [2.24, 2.45) is 5.10 Å². The zero-order chi connectivity index (χ0) is 14.3. The number of nitrogens with one attached hydrogen (secondary N) is 1. The van der Waals surface area contributed by atoms with E-state index in [4.69, 9.17) is 15.3 Å². The van der Waals surface area contributed by atoms with E-state index in [1.165, 1.54) is 0 Å². The van der Waals surface area contributed by atoms with Crippen LogP contribution < -0.4 is 5.43 Å². The second kappa shape index (κ2) is 6.77. The molecule has 0 aliphatic carbocycles. The van der Waals surface area contributed by atoms with Crippen LogP contribution in [0.15, 0.2) is 29.4 Å². The fraction of sp³-hybridized carbons (Fsp3) is 0.231. The van der Waals surface area contributed by atoms with Gasteiger partial charge in [0, 0.05) is 0 Å². The molecule has 0 aromatic heterocycles. The van der Waals surface area contributed by atoms with Gasteiger partial charge in [-0.2, -0.15) is 15.6 Å². The average molecular weight is 256 g/mol. The molecule has 0 atom stereocenters. The maximum Gasteiger partial charge on any atom is 0.338 e. The summed E-state index contributed by atoms with van der Waals surface area (Å²) >= 11 is 0. The van der Waals surface area contributed by atoms with Gasteiger partial charge in [0.2, 0.25) is 5.71 Å². The minimum absolute atomic E-state index is 0.177. The Morgan fingerprint density at radius 2 is 1.84 bits per heavy atom. The Balaban J connectivity index is 2.73. The van der Waals surface area contributed by atoms with Crippen molar-refractivity contribution in [3.63, 3.8) is 0 Å². The van der Waals surface area contributed by atoms with Gasteiger partial charge in [-0.25, -0.2) is 4.79 Å². The molecule has 0 unspecified atom stereocenters. The Bertz CT molecular complexity index is 546. The zero-order valence-electron chi connectivity index (χ0n) is 10.5. The summed E-state index contributed by atoms with van der Waals surface area (Å²) in [6.07, 6.45) is -0.177. The highest BCUT2D eigenvalue weighted by Crippen LogP contribution is 2.11. The molecule has 0 saturated carbocycles. The molecule has 0 amide bonds. The summed E-state index contributed by atoms with van der Waals surface area (Å²) in [6, 6.07) is 9.60. The Morgan fingerprint density at radius 1 is 1.26 bits per heavy atom. The summed E-state index contributed by atoms with van der Waals surface area (Å²) < 4.78 is 5.04. The first-order chi connectivity index (χ1) is 9.06. The van der Waals surface area contributed by atoms with E-state index in [9.17, 15) is 4.79 Å². The van der Waals surface area contributed by atoms with Crippen LogP contribution in [0.2, 0.25) is 0 Å². The van der Waals surface area contributed by atoms with E-state index in [2.05, 4.69) is 10.5 Å². The van der Waals surface area contributed by atoms with Crippen molar-refractivity contribution in [3.05, 3.63) is 29.8 Å². The van der Waals surface area contributed by atoms with Crippen molar-refractivity contribution in [1.82, 2.24) is 0 Å². The average Bonchev–Trinajstić information content (AvgIpc) is 2.39. The topological polar surface area (TPSA) is 98.3 Å². The fourth-order valence-corrected chi connectivity index (χ4v) is 1.16. The number of carbonyl (C=O) groups is 1. The predicted octanol–water partition coefficient (Wildman–Crippen LogP) is 2.07. The first-order valence-corrected chi connectivity index (χ1v) is 5.51. The number of anilines is 1. The van der Waals surface area contributed by atoms with Crippen LogP contribution in [0.4, 0.5) is 5.69 Å². The minimum Gasteiger partial charge on any atom is -0.459 e. The van der Waals surface area contributed by atoms with Gasteiger partial charge in [0.15, 0.2) is 0 Å².